The maximum atomic E-state index is 13.4. The summed E-state index contributed by atoms with van der Waals surface area (Å²) < 4.78 is 1.07. The maximum Gasteiger partial charge on any atom is 0.254 e. The molecule has 1 aromatic heterocycles. The number of benzene rings is 2. The lowest BCUT2D eigenvalue weighted by molar-refractivity contribution is 0.0257. The molecule has 0 spiro atoms. The standard InChI is InChI=1S/C30H35BrN4O2/c1-3-37-33-28(22-8-10-24(31)11-9-22)23-13-18-35(19-14-23)30(2)15-20-34(21-16-30)29(36)26-12-17-32-27-7-5-4-6-25(26)27/h4-12,17,33H,3,13-16,18-21H2,1-2H3. The number of para-hydroxylation sites is 1. The molecule has 2 fully saturated rings. The number of hydroxylamine groups is 1. The van der Waals surface area contributed by atoms with Gasteiger partial charge >= 0.3 is 0 Å². The molecule has 2 aliphatic rings. The van der Waals surface area contributed by atoms with E-state index < -0.39 is 0 Å². The van der Waals surface area contributed by atoms with Crippen molar-refractivity contribution in [2.75, 3.05) is 32.8 Å². The molecule has 0 aliphatic carbocycles. The van der Waals surface area contributed by atoms with Gasteiger partial charge in [0.1, 0.15) is 0 Å². The van der Waals surface area contributed by atoms with Crippen molar-refractivity contribution >= 4 is 38.4 Å². The Hall–Kier alpha value is -2.74. The summed E-state index contributed by atoms with van der Waals surface area (Å²) in [6.07, 6.45) is 5.72. The van der Waals surface area contributed by atoms with Gasteiger partial charge in [-0.05, 0) is 74.9 Å². The monoisotopic (exact) mass is 562 g/mol. The van der Waals surface area contributed by atoms with E-state index in [1.165, 1.54) is 5.57 Å². The molecule has 37 heavy (non-hydrogen) atoms. The third kappa shape index (κ3) is 5.59. The lowest BCUT2D eigenvalue weighted by Gasteiger charge is -2.48. The number of halogens is 1. The van der Waals surface area contributed by atoms with E-state index >= 15 is 0 Å². The summed E-state index contributed by atoms with van der Waals surface area (Å²) in [4.78, 5) is 28.1. The zero-order valence-corrected chi connectivity index (χ0v) is 23.3. The largest absolute Gasteiger partial charge is 0.338 e. The van der Waals surface area contributed by atoms with Crippen molar-refractivity contribution in [3.63, 3.8) is 0 Å². The third-order valence-corrected chi connectivity index (χ3v) is 8.47. The van der Waals surface area contributed by atoms with Crippen LogP contribution in [-0.4, -0.2) is 59.0 Å². The molecule has 1 amide bonds. The molecule has 5 rings (SSSR count). The minimum Gasteiger partial charge on any atom is -0.338 e. The molecule has 2 aliphatic heterocycles. The van der Waals surface area contributed by atoms with Gasteiger partial charge in [0.25, 0.3) is 5.91 Å². The zero-order chi connectivity index (χ0) is 25.8. The molecule has 3 aromatic rings. The van der Waals surface area contributed by atoms with Crippen molar-refractivity contribution in [1.29, 1.82) is 0 Å². The number of nitrogens with one attached hydrogen (secondary N) is 1. The average molecular weight is 564 g/mol. The minimum absolute atomic E-state index is 0.105. The third-order valence-electron chi connectivity index (χ3n) is 7.94. The van der Waals surface area contributed by atoms with E-state index in [0.29, 0.717) is 6.61 Å². The zero-order valence-electron chi connectivity index (χ0n) is 21.7. The number of nitrogens with zero attached hydrogens (tertiary/aromatic N) is 3. The topological polar surface area (TPSA) is 57.7 Å². The maximum absolute atomic E-state index is 13.4. The normalized spacial score (nSPS) is 18.1. The fourth-order valence-electron chi connectivity index (χ4n) is 5.62. The van der Waals surface area contributed by atoms with Crippen molar-refractivity contribution in [3.05, 3.63) is 82.0 Å². The highest BCUT2D eigenvalue weighted by molar-refractivity contribution is 9.10. The number of amides is 1. The van der Waals surface area contributed by atoms with E-state index in [2.05, 4.69) is 62.5 Å². The van der Waals surface area contributed by atoms with Gasteiger partial charge in [-0.1, -0.05) is 46.3 Å². The minimum atomic E-state index is 0.105. The Bertz CT molecular complexity index is 1270. The van der Waals surface area contributed by atoms with E-state index in [0.717, 1.165) is 84.1 Å². The van der Waals surface area contributed by atoms with Gasteiger partial charge in [0.05, 0.1) is 23.4 Å². The van der Waals surface area contributed by atoms with Gasteiger partial charge in [0, 0.05) is 47.8 Å². The molecular weight excluding hydrogens is 528 g/mol. The Kier molecular flexibility index (Phi) is 7.93. The SMILES string of the molecule is CCONC(=C1CCN(C2(C)CCN(C(=O)c3ccnc4ccccc34)CC2)CC1)c1ccc(Br)cc1. The van der Waals surface area contributed by atoms with Crippen LogP contribution in [0.5, 0.6) is 0 Å². The number of likely N-dealkylation sites (tertiary alicyclic amines) is 2. The smallest absolute Gasteiger partial charge is 0.254 e. The second kappa shape index (κ2) is 11.3. The number of rotatable bonds is 6. The molecule has 3 heterocycles. The van der Waals surface area contributed by atoms with Crippen LogP contribution in [0.2, 0.25) is 0 Å². The van der Waals surface area contributed by atoms with Crippen LogP contribution in [0.25, 0.3) is 16.6 Å². The molecule has 0 atom stereocenters. The summed E-state index contributed by atoms with van der Waals surface area (Å²) in [5.74, 6) is 0.116. The predicted octanol–water partition coefficient (Wildman–Crippen LogP) is 6.04. The first-order valence-electron chi connectivity index (χ1n) is 13.2. The first-order valence-corrected chi connectivity index (χ1v) is 14.0. The number of fused-ring (bicyclic) bond motifs is 1. The fraction of sp³-hybridized carbons (Fsp3) is 0.400. The second-order valence-electron chi connectivity index (χ2n) is 10.2. The van der Waals surface area contributed by atoms with Gasteiger partial charge in [-0.25, -0.2) is 0 Å². The van der Waals surface area contributed by atoms with E-state index in [1.54, 1.807) is 6.20 Å². The molecule has 0 unspecified atom stereocenters. The highest BCUT2D eigenvalue weighted by atomic mass is 79.9. The van der Waals surface area contributed by atoms with Crippen LogP contribution in [0.4, 0.5) is 0 Å². The molecule has 194 valence electrons. The lowest BCUT2D eigenvalue weighted by atomic mass is 9.84. The average Bonchev–Trinajstić information content (AvgIpc) is 2.94. The number of hydrogen-bond donors (Lipinski definition) is 1. The summed E-state index contributed by atoms with van der Waals surface area (Å²) in [7, 11) is 0. The molecule has 6 nitrogen and oxygen atoms in total. The molecule has 2 aromatic carbocycles. The van der Waals surface area contributed by atoms with Crippen LogP contribution in [0.3, 0.4) is 0 Å². The number of piperidine rings is 2. The Morgan fingerprint density at radius 3 is 2.43 bits per heavy atom. The Morgan fingerprint density at radius 1 is 1.03 bits per heavy atom. The number of pyridine rings is 1. The van der Waals surface area contributed by atoms with Crippen LogP contribution < -0.4 is 5.48 Å². The van der Waals surface area contributed by atoms with Crippen LogP contribution >= 0.6 is 15.9 Å². The van der Waals surface area contributed by atoms with Crippen molar-refractivity contribution in [2.24, 2.45) is 0 Å². The first kappa shape index (κ1) is 25.9. The van der Waals surface area contributed by atoms with E-state index in [-0.39, 0.29) is 11.4 Å². The summed E-state index contributed by atoms with van der Waals surface area (Å²) in [5.41, 5.74) is 8.62. The number of hydrogen-bond acceptors (Lipinski definition) is 5. The summed E-state index contributed by atoms with van der Waals surface area (Å²) in [6.45, 7) is 8.57. The molecular formula is C30H35BrN4O2. The fourth-order valence-corrected chi connectivity index (χ4v) is 5.89. The van der Waals surface area contributed by atoms with E-state index in [1.807, 2.05) is 42.2 Å². The van der Waals surface area contributed by atoms with Gasteiger partial charge in [0.2, 0.25) is 0 Å². The van der Waals surface area contributed by atoms with Crippen LogP contribution in [0.15, 0.2) is 70.8 Å². The Morgan fingerprint density at radius 2 is 1.73 bits per heavy atom. The molecule has 1 N–H and O–H groups in total. The van der Waals surface area contributed by atoms with Crippen molar-refractivity contribution in [3.8, 4) is 0 Å². The molecule has 2 saturated heterocycles. The second-order valence-corrected chi connectivity index (χ2v) is 11.1. The Labute approximate surface area is 227 Å². The van der Waals surface area contributed by atoms with Gasteiger partial charge in [-0.3, -0.25) is 25.0 Å². The summed E-state index contributed by atoms with van der Waals surface area (Å²) in [5, 5.41) is 0.931. The van der Waals surface area contributed by atoms with Crippen LogP contribution in [0, 0.1) is 0 Å². The molecule has 7 heteroatoms. The van der Waals surface area contributed by atoms with Gasteiger partial charge in [-0.2, -0.15) is 0 Å². The quantitative estimate of drug-likeness (QED) is 0.371. The number of aromatic nitrogens is 1. The number of carbonyl (C=O) groups is 1. The van der Waals surface area contributed by atoms with Crippen molar-refractivity contribution in [2.45, 2.75) is 45.1 Å². The van der Waals surface area contributed by atoms with E-state index in [9.17, 15) is 4.79 Å². The highest BCUT2D eigenvalue weighted by Crippen LogP contribution is 2.35. The predicted molar refractivity (Wildman–Crippen MR) is 152 cm³/mol. The Balaban J connectivity index is 1.24. The van der Waals surface area contributed by atoms with Crippen molar-refractivity contribution < 1.29 is 9.63 Å². The molecule has 0 bridgehead atoms. The summed E-state index contributed by atoms with van der Waals surface area (Å²) in [6, 6.07) is 18.2. The van der Waals surface area contributed by atoms with Gasteiger partial charge < -0.3 is 4.90 Å². The van der Waals surface area contributed by atoms with Gasteiger partial charge in [0.15, 0.2) is 0 Å². The summed E-state index contributed by atoms with van der Waals surface area (Å²) >= 11 is 3.54. The first-order chi connectivity index (χ1) is 18.0. The molecule has 0 radical (unpaired) electrons. The number of carbonyl (C=O) groups excluding carboxylic acids is 1. The van der Waals surface area contributed by atoms with E-state index in [4.69, 9.17) is 4.84 Å². The van der Waals surface area contributed by atoms with Gasteiger partial charge in [-0.15, -0.1) is 0 Å². The molecule has 0 saturated carbocycles. The van der Waals surface area contributed by atoms with Crippen LogP contribution in [-0.2, 0) is 4.84 Å². The highest BCUT2D eigenvalue weighted by Gasteiger charge is 2.38. The van der Waals surface area contributed by atoms with Crippen LogP contribution in [0.1, 0.15) is 55.5 Å². The van der Waals surface area contributed by atoms with Crippen molar-refractivity contribution in [1.82, 2.24) is 20.3 Å². The lowest BCUT2D eigenvalue weighted by Crippen LogP contribution is -2.56.